The summed E-state index contributed by atoms with van der Waals surface area (Å²) in [5, 5.41) is 3.71. The highest BCUT2D eigenvalue weighted by molar-refractivity contribution is 4.97. The zero-order chi connectivity index (χ0) is 12.8. The molecule has 1 aliphatic rings. The fourth-order valence-corrected chi connectivity index (χ4v) is 2.81. The Balaban J connectivity index is 1.62. The lowest BCUT2D eigenvalue weighted by atomic mass is 9.86. The standard InChI is InChI=1S/C15H26N2O/c1-13-6-3-4-8-15(13)16-9-10-17(2)12-14-7-5-11-18-14/h5,7,11,13,15-16H,3-4,6,8-10,12H2,1-2H3. The zero-order valence-electron chi connectivity index (χ0n) is 11.7. The van der Waals surface area contributed by atoms with Gasteiger partial charge in [-0.1, -0.05) is 19.8 Å². The third kappa shape index (κ3) is 4.14. The molecule has 1 aromatic rings. The van der Waals surface area contributed by atoms with Crippen molar-refractivity contribution >= 4 is 0 Å². The fraction of sp³-hybridized carbons (Fsp3) is 0.733. The van der Waals surface area contributed by atoms with Crippen LogP contribution in [0.3, 0.4) is 0 Å². The van der Waals surface area contributed by atoms with Crippen LogP contribution in [0.25, 0.3) is 0 Å². The third-order valence-corrected chi connectivity index (χ3v) is 4.02. The van der Waals surface area contributed by atoms with Gasteiger partial charge in [-0.15, -0.1) is 0 Å². The lowest BCUT2D eigenvalue weighted by Crippen LogP contribution is -2.40. The molecular formula is C15H26N2O. The molecule has 1 fully saturated rings. The van der Waals surface area contributed by atoms with Crippen molar-refractivity contribution in [3.63, 3.8) is 0 Å². The lowest BCUT2D eigenvalue weighted by Gasteiger charge is -2.30. The topological polar surface area (TPSA) is 28.4 Å². The maximum absolute atomic E-state index is 5.36. The van der Waals surface area contributed by atoms with Gasteiger partial charge in [-0.3, -0.25) is 4.90 Å². The van der Waals surface area contributed by atoms with Crippen LogP contribution in [0, 0.1) is 5.92 Å². The van der Waals surface area contributed by atoms with E-state index in [1.165, 1.54) is 25.7 Å². The van der Waals surface area contributed by atoms with Crippen LogP contribution < -0.4 is 5.32 Å². The minimum atomic E-state index is 0.732. The van der Waals surface area contributed by atoms with Crippen molar-refractivity contribution in [3.05, 3.63) is 24.2 Å². The van der Waals surface area contributed by atoms with E-state index >= 15 is 0 Å². The van der Waals surface area contributed by atoms with Gasteiger partial charge in [0, 0.05) is 19.1 Å². The molecule has 0 aromatic carbocycles. The van der Waals surface area contributed by atoms with Crippen molar-refractivity contribution in [1.29, 1.82) is 0 Å². The first-order valence-corrected chi connectivity index (χ1v) is 7.20. The van der Waals surface area contributed by atoms with Crippen LogP contribution in [0.1, 0.15) is 38.4 Å². The van der Waals surface area contributed by atoms with E-state index in [1.807, 2.05) is 12.1 Å². The molecule has 3 heteroatoms. The van der Waals surface area contributed by atoms with E-state index in [4.69, 9.17) is 4.42 Å². The Labute approximate surface area is 111 Å². The molecule has 0 aliphatic heterocycles. The van der Waals surface area contributed by atoms with E-state index in [9.17, 15) is 0 Å². The molecule has 2 unspecified atom stereocenters. The van der Waals surface area contributed by atoms with E-state index in [-0.39, 0.29) is 0 Å². The fourth-order valence-electron chi connectivity index (χ4n) is 2.81. The van der Waals surface area contributed by atoms with Gasteiger partial charge in [0.05, 0.1) is 12.8 Å². The van der Waals surface area contributed by atoms with Crippen LogP contribution >= 0.6 is 0 Å². The van der Waals surface area contributed by atoms with Gasteiger partial charge in [0.25, 0.3) is 0 Å². The molecule has 1 aliphatic carbocycles. The zero-order valence-corrected chi connectivity index (χ0v) is 11.7. The average Bonchev–Trinajstić information content (AvgIpc) is 2.84. The molecule has 102 valence electrons. The highest BCUT2D eigenvalue weighted by atomic mass is 16.3. The van der Waals surface area contributed by atoms with Crippen molar-refractivity contribution < 1.29 is 4.42 Å². The molecule has 1 aromatic heterocycles. The van der Waals surface area contributed by atoms with Crippen molar-refractivity contribution in [2.45, 2.75) is 45.2 Å². The monoisotopic (exact) mass is 250 g/mol. The van der Waals surface area contributed by atoms with Crippen LogP contribution in [-0.2, 0) is 6.54 Å². The van der Waals surface area contributed by atoms with E-state index in [1.54, 1.807) is 6.26 Å². The van der Waals surface area contributed by atoms with E-state index in [0.717, 1.165) is 37.4 Å². The summed E-state index contributed by atoms with van der Waals surface area (Å²) in [5.74, 6) is 1.89. The molecule has 1 saturated carbocycles. The predicted molar refractivity (Wildman–Crippen MR) is 74.5 cm³/mol. The maximum Gasteiger partial charge on any atom is 0.117 e. The molecule has 0 bridgehead atoms. The summed E-state index contributed by atoms with van der Waals surface area (Å²) < 4.78 is 5.36. The minimum absolute atomic E-state index is 0.732. The SMILES string of the molecule is CC1CCCCC1NCCN(C)Cc1ccco1. The summed E-state index contributed by atoms with van der Waals surface area (Å²) in [6, 6.07) is 4.72. The van der Waals surface area contributed by atoms with Crippen LogP contribution in [0.4, 0.5) is 0 Å². The van der Waals surface area contributed by atoms with Crippen LogP contribution in [0.15, 0.2) is 22.8 Å². The summed E-state index contributed by atoms with van der Waals surface area (Å²) in [7, 11) is 2.15. The molecule has 0 radical (unpaired) electrons. The molecular weight excluding hydrogens is 224 g/mol. The average molecular weight is 250 g/mol. The molecule has 1 N–H and O–H groups in total. The Morgan fingerprint density at radius 1 is 1.39 bits per heavy atom. The Hall–Kier alpha value is -0.800. The molecule has 2 atom stereocenters. The van der Waals surface area contributed by atoms with Crippen LogP contribution in [-0.4, -0.2) is 31.1 Å². The van der Waals surface area contributed by atoms with Gasteiger partial charge >= 0.3 is 0 Å². The first kappa shape index (κ1) is 13.6. The van der Waals surface area contributed by atoms with E-state index < -0.39 is 0 Å². The molecule has 2 rings (SSSR count). The summed E-state index contributed by atoms with van der Waals surface area (Å²) in [4.78, 5) is 2.30. The predicted octanol–water partition coefficient (Wildman–Crippen LogP) is 2.88. The minimum Gasteiger partial charge on any atom is -0.468 e. The summed E-state index contributed by atoms with van der Waals surface area (Å²) in [6.07, 6.45) is 7.29. The van der Waals surface area contributed by atoms with Gasteiger partial charge in [0.1, 0.15) is 5.76 Å². The Bertz CT molecular complexity index is 323. The van der Waals surface area contributed by atoms with Gasteiger partial charge in [-0.25, -0.2) is 0 Å². The largest absolute Gasteiger partial charge is 0.468 e. The second-order valence-electron chi connectivity index (χ2n) is 5.64. The van der Waals surface area contributed by atoms with Gasteiger partial charge in [0.15, 0.2) is 0 Å². The molecule has 3 nitrogen and oxygen atoms in total. The third-order valence-electron chi connectivity index (χ3n) is 4.02. The number of rotatable bonds is 6. The Morgan fingerprint density at radius 3 is 2.94 bits per heavy atom. The molecule has 18 heavy (non-hydrogen) atoms. The van der Waals surface area contributed by atoms with Gasteiger partial charge < -0.3 is 9.73 Å². The normalized spacial score (nSPS) is 24.6. The smallest absolute Gasteiger partial charge is 0.117 e. The molecule has 0 spiro atoms. The lowest BCUT2D eigenvalue weighted by molar-refractivity contribution is 0.251. The van der Waals surface area contributed by atoms with Gasteiger partial charge in [-0.2, -0.15) is 0 Å². The highest BCUT2D eigenvalue weighted by Crippen LogP contribution is 2.23. The summed E-state index contributed by atoms with van der Waals surface area (Å²) >= 11 is 0. The molecule has 0 saturated heterocycles. The number of hydrogen-bond acceptors (Lipinski definition) is 3. The first-order chi connectivity index (χ1) is 8.75. The second-order valence-corrected chi connectivity index (χ2v) is 5.64. The quantitative estimate of drug-likeness (QED) is 0.841. The van der Waals surface area contributed by atoms with Crippen molar-refractivity contribution in [2.75, 3.05) is 20.1 Å². The second kappa shape index (κ2) is 6.95. The summed E-state index contributed by atoms with van der Waals surface area (Å²) in [6.45, 7) is 5.43. The van der Waals surface area contributed by atoms with Crippen LogP contribution in [0.5, 0.6) is 0 Å². The van der Waals surface area contributed by atoms with E-state index in [0.29, 0.717) is 0 Å². The number of hydrogen-bond donors (Lipinski definition) is 1. The first-order valence-electron chi connectivity index (χ1n) is 7.20. The van der Waals surface area contributed by atoms with Crippen LogP contribution in [0.2, 0.25) is 0 Å². The summed E-state index contributed by atoms with van der Waals surface area (Å²) in [5.41, 5.74) is 0. The molecule has 0 amide bonds. The van der Waals surface area contributed by atoms with E-state index in [2.05, 4.69) is 24.2 Å². The van der Waals surface area contributed by atoms with Crippen molar-refractivity contribution in [2.24, 2.45) is 5.92 Å². The van der Waals surface area contributed by atoms with Gasteiger partial charge in [0.2, 0.25) is 0 Å². The number of likely N-dealkylation sites (N-methyl/N-ethyl adjacent to an activating group) is 1. The number of nitrogens with zero attached hydrogens (tertiary/aromatic N) is 1. The number of nitrogens with one attached hydrogen (secondary N) is 1. The Morgan fingerprint density at radius 2 is 2.22 bits per heavy atom. The Kier molecular flexibility index (Phi) is 5.26. The van der Waals surface area contributed by atoms with Gasteiger partial charge in [-0.05, 0) is 37.9 Å². The van der Waals surface area contributed by atoms with Crippen molar-refractivity contribution in [1.82, 2.24) is 10.2 Å². The highest BCUT2D eigenvalue weighted by Gasteiger charge is 2.20. The molecule has 1 heterocycles. The number of furan rings is 1. The maximum atomic E-state index is 5.36. The van der Waals surface area contributed by atoms with Crippen molar-refractivity contribution in [3.8, 4) is 0 Å².